The van der Waals surface area contributed by atoms with E-state index in [2.05, 4.69) is 11.0 Å². The van der Waals surface area contributed by atoms with Crippen molar-refractivity contribution in [3.8, 4) is 0 Å². The van der Waals surface area contributed by atoms with Crippen molar-refractivity contribution < 1.29 is 8.42 Å². The van der Waals surface area contributed by atoms with Crippen LogP contribution in [0.1, 0.15) is 4.88 Å². The predicted molar refractivity (Wildman–Crippen MR) is 95.3 cm³/mol. The van der Waals surface area contributed by atoms with Crippen LogP contribution in [0.2, 0.25) is 0 Å². The molecule has 2 aromatic rings. The molecule has 1 aliphatic heterocycles. The first kappa shape index (κ1) is 18.1. The van der Waals surface area contributed by atoms with Gasteiger partial charge in [-0.3, -0.25) is 14.3 Å². The molecule has 1 saturated heterocycles. The summed E-state index contributed by atoms with van der Waals surface area (Å²) in [6, 6.07) is 4.05. The number of hydrogen-bond donors (Lipinski definition) is 0. The predicted octanol–water partition coefficient (Wildman–Crippen LogP) is -0.348. The van der Waals surface area contributed by atoms with Gasteiger partial charge in [-0.15, -0.1) is 11.3 Å². The molecule has 0 bridgehead atoms. The van der Waals surface area contributed by atoms with Gasteiger partial charge in [0.15, 0.2) is 4.90 Å². The van der Waals surface area contributed by atoms with Gasteiger partial charge in [-0.2, -0.15) is 4.31 Å². The zero-order chi connectivity index (χ0) is 18.2. The Morgan fingerprint density at radius 1 is 1.12 bits per heavy atom. The number of nitrogens with zero attached hydrogens (tertiary/aromatic N) is 4. The molecule has 0 saturated carbocycles. The average Bonchev–Trinajstić information content (AvgIpc) is 3.09. The van der Waals surface area contributed by atoms with Crippen LogP contribution in [-0.4, -0.2) is 52.9 Å². The smallest absolute Gasteiger partial charge is 0.302 e. The van der Waals surface area contributed by atoms with Crippen LogP contribution in [0.15, 0.2) is 38.2 Å². The summed E-state index contributed by atoms with van der Waals surface area (Å²) in [4.78, 5) is 27.1. The zero-order valence-corrected chi connectivity index (χ0v) is 15.7. The molecule has 0 atom stereocenters. The second kappa shape index (κ2) is 6.87. The summed E-state index contributed by atoms with van der Waals surface area (Å²) in [5.41, 5.74) is -1.34. The third-order valence-electron chi connectivity index (χ3n) is 4.32. The summed E-state index contributed by atoms with van der Waals surface area (Å²) in [6.07, 6.45) is 1.11. The Kier molecular flexibility index (Phi) is 4.96. The number of thiophene rings is 1. The first-order valence-corrected chi connectivity index (χ1v) is 10.1. The molecule has 3 heterocycles. The van der Waals surface area contributed by atoms with Crippen molar-refractivity contribution in [1.29, 1.82) is 0 Å². The number of hydrogen-bond acceptors (Lipinski definition) is 6. The molecule has 0 amide bonds. The van der Waals surface area contributed by atoms with E-state index in [9.17, 15) is 18.0 Å². The largest absolute Gasteiger partial charge is 0.330 e. The molecular formula is C15H20N4O4S2. The molecule has 8 nitrogen and oxygen atoms in total. The van der Waals surface area contributed by atoms with Crippen LogP contribution in [0.25, 0.3) is 0 Å². The van der Waals surface area contributed by atoms with Gasteiger partial charge in [-0.1, -0.05) is 6.07 Å². The first-order chi connectivity index (χ1) is 11.8. The Hall–Kier alpha value is -1.75. The number of aryl methyl sites for hydroxylation is 1. The maximum absolute atomic E-state index is 12.8. The molecule has 25 heavy (non-hydrogen) atoms. The molecule has 3 rings (SSSR count). The van der Waals surface area contributed by atoms with Gasteiger partial charge < -0.3 is 4.57 Å². The van der Waals surface area contributed by atoms with Crippen molar-refractivity contribution >= 4 is 21.4 Å². The van der Waals surface area contributed by atoms with Gasteiger partial charge in [0.25, 0.3) is 5.56 Å². The van der Waals surface area contributed by atoms with Crippen molar-refractivity contribution in [3.05, 3.63) is 49.4 Å². The molecule has 2 aromatic heterocycles. The molecule has 0 N–H and O–H groups in total. The van der Waals surface area contributed by atoms with E-state index in [0.717, 1.165) is 21.9 Å². The molecule has 1 fully saturated rings. The highest BCUT2D eigenvalue weighted by molar-refractivity contribution is 7.89. The topological polar surface area (TPSA) is 84.6 Å². The minimum absolute atomic E-state index is 0.319. The Morgan fingerprint density at radius 2 is 1.80 bits per heavy atom. The summed E-state index contributed by atoms with van der Waals surface area (Å²) in [5, 5.41) is 2.02. The maximum atomic E-state index is 12.8. The van der Waals surface area contributed by atoms with Gasteiger partial charge in [0.1, 0.15) is 0 Å². The van der Waals surface area contributed by atoms with Gasteiger partial charge >= 0.3 is 5.69 Å². The summed E-state index contributed by atoms with van der Waals surface area (Å²) < 4.78 is 28.9. The minimum atomic E-state index is -3.92. The highest BCUT2D eigenvalue weighted by atomic mass is 32.2. The highest BCUT2D eigenvalue weighted by Gasteiger charge is 2.31. The Bertz CT molecular complexity index is 968. The van der Waals surface area contributed by atoms with E-state index in [-0.39, 0.29) is 4.90 Å². The van der Waals surface area contributed by atoms with Crippen LogP contribution < -0.4 is 11.2 Å². The Balaban J connectivity index is 1.79. The summed E-state index contributed by atoms with van der Waals surface area (Å²) >= 11 is 1.68. The second-order valence-corrected chi connectivity index (χ2v) is 8.95. The molecular weight excluding hydrogens is 364 g/mol. The number of sulfonamides is 1. The van der Waals surface area contributed by atoms with E-state index >= 15 is 0 Å². The maximum Gasteiger partial charge on any atom is 0.330 e. The molecule has 136 valence electrons. The van der Waals surface area contributed by atoms with Crippen LogP contribution in [0.5, 0.6) is 0 Å². The molecule has 1 aliphatic rings. The lowest BCUT2D eigenvalue weighted by Crippen LogP contribution is -2.50. The van der Waals surface area contributed by atoms with E-state index in [1.807, 2.05) is 11.4 Å². The number of piperazine rings is 1. The van der Waals surface area contributed by atoms with Gasteiger partial charge in [-0.05, 0) is 11.4 Å². The molecule has 10 heteroatoms. The number of rotatable bonds is 4. The summed E-state index contributed by atoms with van der Waals surface area (Å²) in [6.45, 7) is 2.64. The zero-order valence-electron chi connectivity index (χ0n) is 14.1. The molecule has 0 aliphatic carbocycles. The standard InChI is InChI=1S/C15H20N4O4S2/c1-16-11-13(14(20)17(2)15(16)21)25(22,23)19-7-5-18(6-8-19)10-12-4-3-9-24-12/h3-4,9,11H,5-8,10H2,1-2H3. The molecule has 0 radical (unpaired) electrons. The lowest BCUT2D eigenvalue weighted by molar-refractivity contribution is 0.182. The molecule has 0 aromatic carbocycles. The summed E-state index contributed by atoms with van der Waals surface area (Å²) in [5.74, 6) is 0. The lowest BCUT2D eigenvalue weighted by atomic mass is 10.3. The van der Waals surface area contributed by atoms with Crippen molar-refractivity contribution in [2.45, 2.75) is 11.4 Å². The fraction of sp³-hybridized carbons (Fsp3) is 0.467. The van der Waals surface area contributed by atoms with Crippen molar-refractivity contribution in [3.63, 3.8) is 0 Å². The average molecular weight is 384 g/mol. The van der Waals surface area contributed by atoms with Gasteiger partial charge in [0.05, 0.1) is 0 Å². The van der Waals surface area contributed by atoms with Crippen LogP contribution in [0.4, 0.5) is 0 Å². The third-order valence-corrected chi connectivity index (χ3v) is 7.07. The van der Waals surface area contributed by atoms with Crippen molar-refractivity contribution in [2.75, 3.05) is 26.2 Å². The Labute approximate surface area is 149 Å². The van der Waals surface area contributed by atoms with Crippen molar-refractivity contribution in [2.24, 2.45) is 14.1 Å². The van der Waals surface area contributed by atoms with Crippen LogP contribution in [-0.2, 0) is 30.7 Å². The quantitative estimate of drug-likeness (QED) is 0.720. The van der Waals surface area contributed by atoms with E-state index in [1.165, 1.54) is 23.3 Å². The Morgan fingerprint density at radius 3 is 2.40 bits per heavy atom. The van der Waals surface area contributed by atoms with E-state index in [0.29, 0.717) is 26.2 Å². The SMILES string of the molecule is Cn1cc(S(=O)(=O)N2CCN(Cc3cccs3)CC2)c(=O)n(C)c1=O. The third kappa shape index (κ3) is 3.47. The van der Waals surface area contributed by atoms with E-state index < -0.39 is 21.3 Å². The van der Waals surface area contributed by atoms with Crippen molar-refractivity contribution in [1.82, 2.24) is 18.3 Å². The fourth-order valence-corrected chi connectivity index (χ4v) is 5.16. The molecule has 0 unspecified atom stereocenters. The highest BCUT2D eigenvalue weighted by Crippen LogP contribution is 2.17. The normalized spacial score (nSPS) is 17.0. The van der Waals surface area contributed by atoms with E-state index in [1.54, 1.807) is 11.3 Å². The first-order valence-electron chi connectivity index (χ1n) is 7.82. The minimum Gasteiger partial charge on any atom is -0.302 e. The summed E-state index contributed by atoms with van der Waals surface area (Å²) in [7, 11) is -1.21. The fourth-order valence-electron chi connectivity index (χ4n) is 2.84. The van der Waals surface area contributed by atoms with Gasteiger partial charge in [0.2, 0.25) is 10.0 Å². The van der Waals surface area contributed by atoms with Gasteiger partial charge in [0, 0.05) is 57.9 Å². The van der Waals surface area contributed by atoms with E-state index in [4.69, 9.17) is 0 Å². The lowest BCUT2D eigenvalue weighted by Gasteiger charge is -2.33. The molecule has 0 spiro atoms. The van der Waals surface area contributed by atoms with Crippen LogP contribution in [0.3, 0.4) is 0 Å². The van der Waals surface area contributed by atoms with Gasteiger partial charge in [-0.25, -0.2) is 13.2 Å². The number of aromatic nitrogens is 2. The van der Waals surface area contributed by atoms with Crippen LogP contribution >= 0.6 is 11.3 Å². The van der Waals surface area contributed by atoms with Crippen LogP contribution in [0, 0.1) is 0 Å². The monoisotopic (exact) mass is 384 g/mol. The second-order valence-electron chi connectivity index (χ2n) is 6.01.